The molecule has 0 aliphatic rings. The molecular weight excluding hydrogens is 140 g/mol. The second-order valence-corrected chi connectivity index (χ2v) is 3.27. The minimum Gasteiger partial charge on any atom is -0.388 e. The minimum absolute atomic E-state index is 0.0786. The molecule has 0 aromatic heterocycles. The predicted octanol–water partition coefficient (Wildman–Crippen LogP) is 1.37. The van der Waals surface area contributed by atoms with E-state index in [2.05, 4.69) is 13.8 Å². The zero-order valence-corrected chi connectivity index (χ0v) is 7.55. The van der Waals surface area contributed by atoms with Crippen LogP contribution in [0.5, 0.6) is 0 Å². The molecule has 0 radical (unpaired) electrons. The summed E-state index contributed by atoms with van der Waals surface area (Å²) in [5.41, 5.74) is 5.20. The van der Waals surface area contributed by atoms with Gasteiger partial charge in [0, 0.05) is 13.0 Å². The lowest BCUT2D eigenvalue weighted by Gasteiger charge is -2.13. The van der Waals surface area contributed by atoms with Gasteiger partial charge in [0.1, 0.15) is 0 Å². The predicted molar refractivity (Wildman–Crippen MR) is 46.8 cm³/mol. The van der Waals surface area contributed by atoms with Crippen molar-refractivity contribution in [3.05, 3.63) is 0 Å². The van der Waals surface area contributed by atoms with Crippen LogP contribution in [0.25, 0.3) is 0 Å². The number of hydrogen-bond donors (Lipinski definition) is 2. The fraction of sp³-hybridized carbons (Fsp3) is 0.875. The van der Waals surface area contributed by atoms with Crippen molar-refractivity contribution >= 4 is 5.84 Å². The Morgan fingerprint density at radius 1 is 1.45 bits per heavy atom. The van der Waals surface area contributed by atoms with Crippen LogP contribution in [0.1, 0.15) is 27.2 Å². The molecule has 1 unspecified atom stereocenters. The number of rotatable bonds is 5. The molecular formula is C8H18N2O. The van der Waals surface area contributed by atoms with Crippen LogP contribution in [0.3, 0.4) is 0 Å². The van der Waals surface area contributed by atoms with Gasteiger partial charge in [0.15, 0.2) is 0 Å². The van der Waals surface area contributed by atoms with E-state index in [4.69, 9.17) is 15.9 Å². The Morgan fingerprint density at radius 3 is 2.36 bits per heavy atom. The molecule has 0 heterocycles. The Labute approximate surface area is 68.4 Å². The monoisotopic (exact) mass is 158 g/mol. The van der Waals surface area contributed by atoms with Crippen molar-refractivity contribution in [3.8, 4) is 0 Å². The van der Waals surface area contributed by atoms with Crippen LogP contribution in [0.4, 0.5) is 0 Å². The quantitative estimate of drug-likeness (QED) is 0.469. The summed E-state index contributed by atoms with van der Waals surface area (Å²) in [6.45, 7) is 6.87. The van der Waals surface area contributed by atoms with E-state index >= 15 is 0 Å². The number of nitrogens with two attached hydrogens (primary N) is 1. The van der Waals surface area contributed by atoms with Crippen molar-refractivity contribution in [2.24, 2.45) is 11.7 Å². The molecule has 0 saturated carbocycles. The first-order chi connectivity index (χ1) is 5.02. The van der Waals surface area contributed by atoms with Gasteiger partial charge in [-0.15, -0.1) is 0 Å². The van der Waals surface area contributed by atoms with Gasteiger partial charge in [0.05, 0.1) is 11.9 Å². The molecule has 0 amide bonds. The van der Waals surface area contributed by atoms with E-state index in [1.807, 2.05) is 6.92 Å². The van der Waals surface area contributed by atoms with Crippen LogP contribution in [-0.2, 0) is 4.74 Å². The largest absolute Gasteiger partial charge is 0.388 e. The van der Waals surface area contributed by atoms with Gasteiger partial charge in [-0.05, 0) is 12.8 Å². The maximum atomic E-state index is 7.01. The highest BCUT2D eigenvalue weighted by molar-refractivity contribution is 5.77. The minimum atomic E-state index is 0.0786. The molecule has 3 heteroatoms. The van der Waals surface area contributed by atoms with Crippen LogP contribution in [0, 0.1) is 11.3 Å². The molecule has 66 valence electrons. The Bertz CT molecular complexity index is 123. The molecule has 0 aliphatic heterocycles. The maximum absolute atomic E-state index is 7.01. The van der Waals surface area contributed by atoms with Crippen molar-refractivity contribution in [2.75, 3.05) is 6.61 Å². The zero-order chi connectivity index (χ0) is 8.85. The highest BCUT2D eigenvalue weighted by Crippen LogP contribution is 2.00. The van der Waals surface area contributed by atoms with E-state index in [9.17, 15) is 0 Å². The lowest BCUT2D eigenvalue weighted by atomic mass is 10.2. The van der Waals surface area contributed by atoms with Gasteiger partial charge in [0.2, 0.25) is 0 Å². The van der Waals surface area contributed by atoms with E-state index in [0.717, 1.165) is 6.61 Å². The van der Waals surface area contributed by atoms with Crippen molar-refractivity contribution in [3.63, 3.8) is 0 Å². The average Bonchev–Trinajstić information content (AvgIpc) is 1.82. The van der Waals surface area contributed by atoms with Gasteiger partial charge in [0.25, 0.3) is 0 Å². The molecule has 0 saturated heterocycles. The molecule has 0 spiro atoms. The highest BCUT2D eigenvalue weighted by atomic mass is 16.5. The maximum Gasteiger partial charge on any atom is 0.0931 e. The summed E-state index contributed by atoms with van der Waals surface area (Å²) >= 11 is 0. The van der Waals surface area contributed by atoms with Gasteiger partial charge in [-0.2, -0.15) is 0 Å². The lowest BCUT2D eigenvalue weighted by Crippen LogP contribution is -2.21. The summed E-state index contributed by atoms with van der Waals surface area (Å²) in [4.78, 5) is 0. The smallest absolute Gasteiger partial charge is 0.0931 e. The van der Waals surface area contributed by atoms with E-state index in [1.54, 1.807) is 0 Å². The number of nitrogens with one attached hydrogen (secondary N) is 1. The van der Waals surface area contributed by atoms with E-state index in [1.165, 1.54) is 0 Å². The van der Waals surface area contributed by atoms with Crippen LogP contribution >= 0.6 is 0 Å². The third kappa shape index (κ3) is 7.33. The molecule has 3 nitrogen and oxygen atoms in total. The second kappa shape index (κ2) is 5.13. The normalized spacial score (nSPS) is 13.5. The third-order valence-electron chi connectivity index (χ3n) is 1.22. The molecule has 0 aliphatic carbocycles. The summed E-state index contributed by atoms with van der Waals surface area (Å²) in [7, 11) is 0. The summed E-state index contributed by atoms with van der Waals surface area (Å²) in [6, 6.07) is 0. The van der Waals surface area contributed by atoms with E-state index < -0.39 is 0 Å². The Balaban J connectivity index is 3.37. The van der Waals surface area contributed by atoms with Crippen molar-refractivity contribution in [1.29, 1.82) is 5.41 Å². The first kappa shape index (κ1) is 10.4. The van der Waals surface area contributed by atoms with Gasteiger partial charge in [-0.3, -0.25) is 5.41 Å². The Hall–Kier alpha value is -0.570. The van der Waals surface area contributed by atoms with E-state index in [0.29, 0.717) is 12.3 Å². The molecule has 1 atom stereocenters. The first-order valence-corrected chi connectivity index (χ1v) is 3.97. The average molecular weight is 158 g/mol. The first-order valence-electron chi connectivity index (χ1n) is 3.97. The van der Waals surface area contributed by atoms with Gasteiger partial charge < -0.3 is 10.5 Å². The highest BCUT2D eigenvalue weighted by Gasteiger charge is 2.04. The van der Waals surface area contributed by atoms with Crippen molar-refractivity contribution < 1.29 is 4.74 Å². The Morgan fingerprint density at radius 2 is 2.00 bits per heavy atom. The molecule has 0 rings (SSSR count). The third-order valence-corrected chi connectivity index (χ3v) is 1.22. The molecule has 0 bridgehead atoms. The van der Waals surface area contributed by atoms with Gasteiger partial charge in [-0.25, -0.2) is 0 Å². The van der Waals surface area contributed by atoms with Crippen LogP contribution in [0.2, 0.25) is 0 Å². The van der Waals surface area contributed by atoms with Gasteiger partial charge >= 0.3 is 0 Å². The topological polar surface area (TPSA) is 59.1 Å². The second-order valence-electron chi connectivity index (χ2n) is 3.27. The summed E-state index contributed by atoms with van der Waals surface area (Å²) < 4.78 is 5.39. The molecule has 0 aromatic rings. The molecule has 0 fully saturated rings. The van der Waals surface area contributed by atoms with Crippen molar-refractivity contribution in [1.82, 2.24) is 0 Å². The summed E-state index contributed by atoms with van der Waals surface area (Å²) in [5.74, 6) is 0.741. The van der Waals surface area contributed by atoms with Gasteiger partial charge in [-0.1, -0.05) is 13.8 Å². The lowest BCUT2D eigenvalue weighted by molar-refractivity contribution is 0.0519. The number of hydrogen-bond acceptors (Lipinski definition) is 2. The molecule has 0 aromatic carbocycles. The molecule has 3 N–H and O–H groups in total. The van der Waals surface area contributed by atoms with Crippen LogP contribution in [-0.4, -0.2) is 18.5 Å². The number of ether oxygens (including phenoxy) is 1. The fourth-order valence-corrected chi connectivity index (χ4v) is 0.725. The summed E-state index contributed by atoms with van der Waals surface area (Å²) in [6.07, 6.45) is 0.613. The van der Waals surface area contributed by atoms with Crippen molar-refractivity contribution in [2.45, 2.75) is 33.3 Å². The standard InChI is InChI=1S/C8H18N2O/c1-6(2)5-11-7(3)4-8(9)10/h6-7H,4-5H2,1-3H3,(H3,9,10). The molecule has 11 heavy (non-hydrogen) atoms. The van der Waals surface area contributed by atoms with Crippen LogP contribution < -0.4 is 5.73 Å². The SMILES string of the molecule is CC(C)COC(C)CC(=N)N. The zero-order valence-electron chi connectivity index (χ0n) is 7.55. The fourth-order valence-electron chi connectivity index (χ4n) is 0.725. The van der Waals surface area contributed by atoms with E-state index in [-0.39, 0.29) is 11.9 Å². The summed E-state index contributed by atoms with van der Waals surface area (Å²) in [5, 5.41) is 7.01. The van der Waals surface area contributed by atoms with Crippen LogP contribution in [0.15, 0.2) is 0 Å². The number of amidine groups is 1. The Kier molecular flexibility index (Phi) is 4.86.